The van der Waals surface area contributed by atoms with Gasteiger partial charge in [0.05, 0.1) is 37.5 Å². The number of alkyl halides is 3. The molecule has 2 amide bonds. The van der Waals surface area contributed by atoms with Gasteiger partial charge in [-0.2, -0.15) is 13.2 Å². The highest BCUT2D eigenvalue weighted by Crippen LogP contribution is 2.49. The number of aliphatic hydroxyl groups excluding tert-OH is 1. The van der Waals surface area contributed by atoms with Gasteiger partial charge >= 0.3 is 12.1 Å². The first-order valence-electron chi connectivity index (χ1n) is 19.9. The van der Waals surface area contributed by atoms with E-state index in [1.165, 1.54) is 6.92 Å². The molecule has 306 valence electrons. The Kier molecular flexibility index (Phi) is 13.9. The highest BCUT2D eigenvalue weighted by molar-refractivity contribution is 5.99. The first kappa shape index (κ1) is 41.7. The number of benzene rings is 3. The molecule has 1 aliphatic carbocycles. The average molecular weight is 792 g/mol. The van der Waals surface area contributed by atoms with Gasteiger partial charge in [0.1, 0.15) is 11.9 Å². The minimum atomic E-state index is -4.60. The number of ether oxygens (including phenoxy) is 3. The van der Waals surface area contributed by atoms with E-state index in [-0.39, 0.29) is 50.0 Å². The fourth-order valence-corrected chi connectivity index (χ4v) is 8.31. The molecule has 3 atom stereocenters. The lowest BCUT2D eigenvalue weighted by atomic mass is 9.86. The standard InChI is InChI=1S/C44H52F3N3O7/c1-3-8-39(57-30(2)52)42-41(37-28-36(56-24-7-23-51)19-20-38(37)50(42)40(53)27-31-9-5-4-6-10-31)49(43(54)33-13-15-34(16-14-33)44(45,46)47)29-32-11-17-35(18-12-32)48-21-25-55-26-22-48/h3,11-20,28,31,39,41-42,51H,1,4-10,21-27,29H2,2H3/t39?,41-,42+/m0/s1. The number of hydrogen-bond donors (Lipinski definition) is 1. The number of nitrogens with zero attached hydrogens (tertiary/aromatic N) is 3. The van der Waals surface area contributed by atoms with Gasteiger partial charge in [-0.15, -0.1) is 6.58 Å². The van der Waals surface area contributed by atoms with Crippen molar-refractivity contribution in [3.05, 3.63) is 102 Å². The smallest absolute Gasteiger partial charge is 0.416 e. The molecule has 0 bridgehead atoms. The number of aliphatic hydroxyl groups is 1. The maximum absolute atomic E-state index is 15.0. The predicted molar refractivity (Wildman–Crippen MR) is 210 cm³/mol. The second kappa shape index (κ2) is 19.0. The quantitative estimate of drug-likeness (QED) is 0.0942. The lowest BCUT2D eigenvalue weighted by Crippen LogP contribution is -2.53. The minimum absolute atomic E-state index is 0.00495. The van der Waals surface area contributed by atoms with Crippen LogP contribution in [0.5, 0.6) is 5.75 Å². The van der Waals surface area contributed by atoms with E-state index in [4.69, 9.17) is 14.2 Å². The fraction of sp³-hybridized carbons (Fsp3) is 0.477. The second-order valence-corrected chi connectivity index (χ2v) is 15.0. The van der Waals surface area contributed by atoms with E-state index in [1.54, 1.807) is 34.1 Å². The third kappa shape index (κ3) is 10.2. The summed E-state index contributed by atoms with van der Waals surface area (Å²) < 4.78 is 58.6. The van der Waals surface area contributed by atoms with Gasteiger partial charge in [-0.3, -0.25) is 14.4 Å². The molecule has 0 aromatic heterocycles. The SMILES string of the molecule is C=CCC(OC(C)=O)[C@@H]1[C@@H](N(Cc2ccc(N3CCOCC3)cc2)C(=O)c2ccc(C(F)(F)F)cc2)c2cc(OCCCO)ccc2N1C(=O)CC1CCCCC1. The summed E-state index contributed by atoms with van der Waals surface area (Å²) in [7, 11) is 0. The summed E-state index contributed by atoms with van der Waals surface area (Å²) in [4.78, 5) is 47.9. The summed E-state index contributed by atoms with van der Waals surface area (Å²) in [6.07, 6.45) is 1.84. The summed E-state index contributed by atoms with van der Waals surface area (Å²) in [5, 5.41) is 9.44. The number of rotatable bonds is 15. The molecule has 13 heteroatoms. The number of carbonyl (C=O) groups is 3. The summed E-state index contributed by atoms with van der Waals surface area (Å²) >= 11 is 0. The Morgan fingerprint density at radius 1 is 1.00 bits per heavy atom. The molecule has 10 nitrogen and oxygen atoms in total. The molecular formula is C44H52F3N3O7. The van der Waals surface area contributed by atoms with Crippen molar-refractivity contribution in [2.75, 3.05) is 49.3 Å². The van der Waals surface area contributed by atoms with Crippen molar-refractivity contribution >= 4 is 29.2 Å². The number of amides is 2. The van der Waals surface area contributed by atoms with Crippen LogP contribution in [0.4, 0.5) is 24.5 Å². The molecule has 0 radical (unpaired) electrons. The number of anilines is 2. The van der Waals surface area contributed by atoms with E-state index in [0.717, 1.165) is 80.7 Å². The number of carbonyl (C=O) groups excluding carboxylic acids is 3. The Morgan fingerprint density at radius 3 is 2.33 bits per heavy atom. The van der Waals surface area contributed by atoms with Crippen LogP contribution in [-0.2, 0) is 31.8 Å². The van der Waals surface area contributed by atoms with E-state index < -0.39 is 41.8 Å². The molecule has 3 aromatic carbocycles. The third-order valence-electron chi connectivity index (χ3n) is 11.0. The van der Waals surface area contributed by atoms with Crippen LogP contribution < -0.4 is 14.5 Å². The molecule has 3 aromatic rings. The van der Waals surface area contributed by atoms with Crippen molar-refractivity contribution in [2.24, 2.45) is 5.92 Å². The molecule has 3 aliphatic rings. The molecule has 2 fully saturated rings. The van der Waals surface area contributed by atoms with Crippen molar-refractivity contribution in [3.63, 3.8) is 0 Å². The molecule has 1 N–H and O–H groups in total. The molecule has 1 unspecified atom stereocenters. The summed E-state index contributed by atoms with van der Waals surface area (Å²) in [6, 6.07) is 15.2. The van der Waals surface area contributed by atoms with Crippen LogP contribution in [0, 0.1) is 5.92 Å². The minimum Gasteiger partial charge on any atom is -0.493 e. The average Bonchev–Trinajstić information content (AvgIpc) is 3.54. The number of hydrogen-bond acceptors (Lipinski definition) is 8. The van der Waals surface area contributed by atoms with Crippen LogP contribution in [-0.4, -0.2) is 79.5 Å². The Morgan fingerprint density at radius 2 is 1.70 bits per heavy atom. The maximum Gasteiger partial charge on any atom is 0.416 e. The fourth-order valence-electron chi connectivity index (χ4n) is 8.31. The lowest BCUT2D eigenvalue weighted by molar-refractivity contribution is -0.148. The molecule has 2 aliphatic heterocycles. The molecular weight excluding hydrogens is 739 g/mol. The van der Waals surface area contributed by atoms with Crippen molar-refractivity contribution < 1.29 is 46.9 Å². The Labute approximate surface area is 332 Å². The van der Waals surface area contributed by atoms with Gasteiger partial charge in [0.25, 0.3) is 5.91 Å². The third-order valence-corrected chi connectivity index (χ3v) is 11.0. The van der Waals surface area contributed by atoms with Gasteiger partial charge in [-0.05, 0) is 78.9 Å². The summed E-state index contributed by atoms with van der Waals surface area (Å²) in [5.74, 6) is -0.726. The van der Waals surface area contributed by atoms with Crippen LogP contribution in [0.15, 0.2) is 79.4 Å². The number of morpholine rings is 1. The molecule has 2 heterocycles. The van der Waals surface area contributed by atoms with E-state index >= 15 is 0 Å². The van der Waals surface area contributed by atoms with Crippen LogP contribution in [0.1, 0.15) is 91.4 Å². The van der Waals surface area contributed by atoms with E-state index in [0.29, 0.717) is 36.6 Å². The van der Waals surface area contributed by atoms with E-state index in [2.05, 4.69) is 11.5 Å². The molecule has 6 rings (SSSR count). The summed E-state index contributed by atoms with van der Waals surface area (Å²) in [6.45, 7) is 8.02. The van der Waals surface area contributed by atoms with E-state index in [1.807, 2.05) is 24.3 Å². The zero-order valence-corrected chi connectivity index (χ0v) is 32.4. The lowest BCUT2D eigenvalue weighted by Gasteiger charge is -2.40. The molecule has 0 spiro atoms. The van der Waals surface area contributed by atoms with Crippen molar-refractivity contribution in [2.45, 2.75) is 89.2 Å². The van der Waals surface area contributed by atoms with Gasteiger partial charge in [-0.25, -0.2) is 0 Å². The van der Waals surface area contributed by atoms with Crippen molar-refractivity contribution in [1.29, 1.82) is 0 Å². The van der Waals surface area contributed by atoms with Crippen molar-refractivity contribution in [1.82, 2.24) is 4.90 Å². The normalized spacial score (nSPS) is 19.1. The van der Waals surface area contributed by atoms with Crippen LogP contribution >= 0.6 is 0 Å². The zero-order valence-electron chi connectivity index (χ0n) is 32.4. The van der Waals surface area contributed by atoms with Gasteiger partial charge in [0, 0.05) is 74.9 Å². The first-order chi connectivity index (χ1) is 27.5. The Bertz CT molecular complexity index is 1840. The maximum atomic E-state index is 15.0. The predicted octanol–water partition coefficient (Wildman–Crippen LogP) is 7.88. The van der Waals surface area contributed by atoms with Crippen LogP contribution in [0.3, 0.4) is 0 Å². The van der Waals surface area contributed by atoms with Gasteiger partial charge < -0.3 is 34.0 Å². The van der Waals surface area contributed by atoms with Crippen LogP contribution in [0.2, 0.25) is 0 Å². The molecule has 1 saturated heterocycles. The number of halogens is 3. The van der Waals surface area contributed by atoms with Crippen LogP contribution in [0.25, 0.3) is 0 Å². The van der Waals surface area contributed by atoms with E-state index in [9.17, 15) is 32.7 Å². The number of esters is 1. The molecule has 1 saturated carbocycles. The van der Waals surface area contributed by atoms with Gasteiger partial charge in [0.2, 0.25) is 5.91 Å². The first-order valence-corrected chi connectivity index (χ1v) is 19.9. The van der Waals surface area contributed by atoms with Crippen molar-refractivity contribution in [3.8, 4) is 5.75 Å². The number of fused-ring (bicyclic) bond motifs is 1. The second-order valence-electron chi connectivity index (χ2n) is 15.0. The molecule has 57 heavy (non-hydrogen) atoms. The Balaban J connectivity index is 1.50. The topological polar surface area (TPSA) is 109 Å². The zero-order chi connectivity index (χ0) is 40.5. The highest BCUT2D eigenvalue weighted by Gasteiger charge is 2.51. The highest BCUT2D eigenvalue weighted by atomic mass is 19.4. The monoisotopic (exact) mass is 791 g/mol. The van der Waals surface area contributed by atoms with Gasteiger partial charge in [-0.1, -0.05) is 37.5 Å². The Hall–Kier alpha value is -4.88. The largest absolute Gasteiger partial charge is 0.493 e. The van der Waals surface area contributed by atoms with Gasteiger partial charge in [0.15, 0.2) is 0 Å². The summed E-state index contributed by atoms with van der Waals surface area (Å²) in [5.41, 5.74) is 1.93.